The number of nitriles is 1. The minimum Gasteiger partial charge on any atom is -0.491 e. The van der Waals surface area contributed by atoms with E-state index < -0.39 is 0 Å². The Kier molecular flexibility index (Phi) is 4.85. The number of nitrogens with zero attached hydrogens (tertiary/aromatic N) is 2. The zero-order valence-corrected chi connectivity index (χ0v) is 13.9. The van der Waals surface area contributed by atoms with Crippen molar-refractivity contribution in [3.63, 3.8) is 0 Å². The second-order valence-corrected chi connectivity index (χ2v) is 6.72. The molecule has 0 aromatic carbocycles. The maximum atomic E-state index is 11.3. The number of H-pyrrole nitrogens is 1. The van der Waals surface area contributed by atoms with Gasteiger partial charge in [-0.2, -0.15) is 5.26 Å². The number of aromatic nitrogens is 2. The minimum absolute atomic E-state index is 0.0713. The molecule has 120 valence electrons. The first-order valence-electron chi connectivity index (χ1n) is 7.50. The fraction of sp³-hybridized carbons (Fsp3) is 0.389. The van der Waals surface area contributed by atoms with Crippen molar-refractivity contribution < 1.29 is 9.53 Å². The summed E-state index contributed by atoms with van der Waals surface area (Å²) in [4.78, 5) is 18.7. The highest BCUT2D eigenvalue weighted by atomic mass is 16.5. The molecule has 1 N–H and O–H groups in total. The lowest BCUT2D eigenvalue weighted by atomic mass is 9.99. The fourth-order valence-corrected chi connectivity index (χ4v) is 2.07. The molecule has 0 aliphatic carbocycles. The molecule has 5 heteroatoms. The lowest BCUT2D eigenvalue weighted by Crippen LogP contribution is -2.16. The van der Waals surface area contributed by atoms with Crippen LogP contribution in [0.5, 0.6) is 5.75 Å². The van der Waals surface area contributed by atoms with Crippen LogP contribution < -0.4 is 4.74 Å². The number of Topliss-reactive ketones (excluding diaryl/α,β-unsaturated/α-hetero) is 1. The van der Waals surface area contributed by atoms with Gasteiger partial charge in [0.05, 0.1) is 18.4 Å². The predicted octanol–water partition coefficient (Wildman–Crippen LogP) is 3.57. The van der Waals surface area contributed by atoms with E-state index in [1.54, 1.807) is 12.3 Å². The molecule has 0 aliphatic rings. The number of ether oxygens (including phenoxy) is 1. The molecular weight excluding hydrogens is 290 g/mol. The maximum absolute atomic E-state index is 11.3. The second-order valence-electron chi connectivity index (χ2n) is 6.72. The second kappa shape index (κ2) is 6.66. The van der Waals surface area contributed by atoms with Crippen LogP contribution in [0.4, 0.5) is 0 Å². The zero-order chi connectivity index (χ0) is 17.0. The van der Waals surface area contributed by atoms with E-state index in [1.165, 1.54) is 6.92 Å². The van der Waals surface area contributed by atoms with Crippen molar-refractivity contribution in [2.45, 2.75) is 34.1 Å². The van der Waals surface area contributed by atoms with Gasteiger partial charge >= 0.3 is 0 Å². The van der Waals surface area contributed by atoms with E-state index in [4.69, 9.17) is 10.00 Å². The number of hydrogen-bond donors (Lipinski definition) is 1. The molecule has 0 bridgehead atoms. The first-order valence-corrected chi connectivity index (χ1v) is 7.50. The third-order valence-corrected chi connectivity index (χ3v) is 3.29. The van der Waals surface area contributed by atoms with E-state index in [0.717, 1.165) is 16.6 Å². The molecule has 0 saturated heterocycles. The van der Waals surface area contributed by atoms with E-state index in [9.17, 15) is 4.79 Å². The lowest BCUT2D eigenvalue weighted by Gasteiger charge is -2.18. The monoisotopic (exact) mass is 311 g/mol. The molecule has 0 unspecified atom stereocenters. The summed E-state index contributed by atoms with van der Waals surface area (Å²) in [6.07, 6.45) is 5.68. The van der Waals surface area contributed by atoms with Gasteiger partial charge in [0, 0.05) is 11.6 Å². The summed E-state index contributed by atoms with van der Waals surface area (Å²) >= 11 is 0. The van der Waals surface area contributed by atoms with Gasteiger partial charge in [-0.1, -0.05) is 26.8 Å². The quantitative estimate of drug-likeness (QED) is 0.676. The van der Waals surface area contributed by atoms with Crippen molar-refractivity contribution in [2.75, 3.05) is 6.61 Å². The van der Waals surface area contributed by atoms with Gasteiger partial charge < -0.3 is 9.72 Å². The standard InChI is InChI=1S/C18H21N3O2/c1-12(22)13(8-19)5-6-14-9-20-17-16(14)7-15(10-21-17)23-11-18(2,3)4/h5,7,9-10H,6,11H2,1-4H3,(H,20,21). The smallest absolute Gasteiger partial charge is 0.169 e. The third-order valence-electron chi connectivity index (χ3n) is 3.29. The number of rotatable bonds is 5. The Bertz CT molecular complexity index is 789. The van der Waals surface area contributed by atoms with Crippen LogP contribution in [0.2, 0.25) is 0 Å². The molecular formula is C18H21N3O2. The molecule has 0 fully saturated rings. The normalized spacial score (nSPS) is 12.2. The zero-order valence-electron chi connectivity index (χ0n) is 13.9. The summed E-state index contributed by atoms with van der Waals surface area (Å²) in [6, 6.07) is 3.86. The van der Waals surface area contributed by atoms with Crippen LogP contribution in [-0.2, 0) is 11.2 Å². The molecule has 2 aromatic heterocycles. The Balaban J connectivity index is 2.25. The van der Waals surface area contributed by atoms with E-state index in [1.807, 2.05) is 18.3 Å². The van der Waals surface area contributed by atoms with Crippen LogP contribution in [0.15, 0.2) is 30.1 Å². The Morgan fingerprint density at radius 1 is 1.48 bits per heavy atom. The van der Waals surface area contributed by atoms with Gasteiger partial charge in [-0.15, -0.1) is 0 Å². The van der Waals surface area contributed by atoms with E-state index in [-0.39, 0.29) is 16.8 Å². The molecule has 0 spiro atoms. The highest BCUT2D eigenvalue weighted by Crippen LogP contribution is 2.24. The average molecular weight is 311 g/mol. The van der Waals surface area contributed by atoms with Gasteiger partial charge in [0.1, 0.15) is 17.5 Å². The maximum Gasteiger partial charge on any atom is 0.169 e. The van der Waals surface area contributed by atoms with Crippen LogP contribution in [0.25, 0.3) is 11.0 Å². The van der Waals surface area contributed by atoms with Gasteiger partial charge in [-0.05, 0) is 30.4 Å². The number of hydrogen-bond acceptors (Lipinski definition) is 4. The summed E-state index contributed by atoms with van der Waals surface area (Å²) in [5, 5.41) is 9.89. The van der Waals surface area contributed by atoms with Gasteiger partial charge in [0.2, 0.25) is 0 Å². The summed E-state index contributed by atoms with van der Waals surface area (Å²) < 4.78 is 5.79. The lowest BCUT2D eigenvalue weighted by molar-refractivity contribution is -0.113. The fourth-order valence-electron chi connectivity index (χ4n) is 2.07. The number of nitrogens with one attached hydrogen (secondary N) is 1. The highest BCUT2D eigenvalue weighted by molar-refractivity contribution is 5.97. The van der Waals surface area contributed by atoms with E-state index in [2.05, 4.69) is 30.7 Å². The Morgan fingerprint density at radius 2 is 2.22 bits per heavy atom. The molecule has 0 aliphatic heterocycles. The summed E-state index contributed by atoms with van der Waals surface area (Å²) in [7, 11) is 0. The minimum atomic E-state index is -0.223. The van der Waals surface area contributed by atoms with Crippen LogP contribution in [0, 0.1) is 16.7 Å². The van der Waals surface area contributed by atoms with E-state index in [0.29, 0.717) is 18.8 Å². The molecule has 0 saturated carbocycles. The number of ketones is 1. The van der Waals surface area contributed by atoms with Crippen molar-refractivity contribution in [1.82, 2.24) is 9.97 Å². The topological polar surface area (TPSA) is 78.8 Å². The predicted molar refractivity (Wildman–Crippen MR) is 89.1 cm³/mol. The summed E-state index contributed by atoms with van der Waals surface area (Å²) in [6.45, 7) is 8.32. The SMILES string of the molecule is CC(=O)C(C#N)=CCc1c[nH]c2ncc(OCC(C)(C)C)cc12. The molecule has 0 radical (unpaired) electrons. The molecule has 5 nitrogen and oxygen atoms in total. The van der Waals surface area contributed by atoms with Crippen LogP contribution in [0.1, 0.15) is 33.3 Å². The van der Waals surface area contributed by atoms with Crippen molar-refractivity contribution >= 4 is 16.8 Å². The average Bonchev–Trinajstić information content (AvgIpc) is 2.87. The molecule has 2 aromatic rings. The molecule has 2 heterocycles. The number of carbonyl (C=O) groups is 1. The van der Waals surface area contributed by atoms with Crippen LogP contribution in [0.3, 0.4) is 0 Å². The highest BCUT2D eigenvalue weighted by Gasteiger charge is 2.12. The number of carbonyl (C=O) groups excluding carboxylic acids is 1. The summed E-state index contributed by atoms with van der Waals surface area (Å²) in [5.41, 5.74) is 1.98. The van der Waals surface area contributed by atoms with Crippen molar-refractivity contribution in [3.8, 4) is 11.8 Å². The van der Waals surface area contributed by atoms with Crippen molar-refractivity contribution in [2.24, 2.45) is 5.41 Å². The molecule has 2 rings (SSSR count). The first kappa shape index (κ1) is 16.8. The largest absolute Gasteiger partial charge is 0.491 e. The molecule has 23 heavy (non-hydrogen) atoms. The number of pyridine rings is 1. The molecule has 0 amide bonds. The van der Waals surface area contributed by atoms with Gasteiger partial charge in [0.25, 0.3) is 0 Å². The molecule has 0 atom stereocenters. The Morgan fingerprint density at radius 3 is 2.83 bits per heavy atom. The van der Waals surface area contributed by atoms with Gasteiger partial charge in [-0.25, -0.2) is 4.98 Å². The van der Waals surface area contributed by atoms with Crippen LogP contribution >= 0.6 is 0 Å². The van der Waals surface area contributed by atoms with Crippen LogP contribution in [-0.4, -0.2) is 22.4 Å². The Hall–Kier alpha value is -2.61. The van der Waals surface area contributed by atoms with Gasteiger partial charge in [-0.3, -0.25) is 4.79 Å². The number of aromatic amines is 1. The van der Waals surface area contributed by atoms with E-state index >= 15 is 0 Å². The number of allylic oxidation sites excluding steroid dienone is 2. The third kappa shape index (κ3) is 4.43. The first-order chi connectivity index (χ1) is 10.8. The Labute approximate surface area is 136 Å². The van der Waals surface area contributed by atoms with Crippen molar-refractivity contribution in [3.05, 3.63) is 35.7 Å². The van der Waals surface area contributed by atoms with Crippen molar-refractivity contribution in [1.29, 1.82) is 5.26 Å². The van der Waals surface area contributed by atoms with Gasteiger partial charge in [0.15, 0.2) is 5.78 Å². The number of fused-ring (bicyclic) bond motifs is 1. The summed E-state index contributed by atoms with van der Waals surface area (Å²) in [5.74, 6) is 0.490.